The molecule has 1 aromatic rings. The smallest absolute Gasteiger partial charge is 0.303 e. The third kappa shape index (κ3) is 5.69. The van der Waals surface area contributed by atoms with Gasteiger partial charge < -0.3 is 10.4 Å². The standard InChI is InChI=1S/C17H27N3O3/c21-16(22)10-4-2-1-3-7-12-18-17(23)15-11-13-19-20(15)14-8-5-6-9-14/h11,13-14H,1-10,12H2,(H,18,23)(H,21,22). The van der Waals surface area contributed by atoms with Crippen molar-refractivity contribution >= 4 is 11.9 Å². The monoisotopic (exact) mass is 321 g/mol. The molecule has 23 heavy (non-hydrogen) atoms. The molecule has 1 aromatic heterocycles. The number of hydrogen-bond acceptors (Lipinski definition) is 3. The summed E-state index contributed by atoms with van der Waals surface area (Å²) in [6, 6.07) is 2.17. The van der Waals surface area contributed by atoms with Crippen molar-refractivity contribution in [3.05, 3.63) is 18.0 Å². The number of nitrogens with zero attached hydrogens (tertiary/aromatic N) is 2. The highest BCUT2D eigenvalue weighted by Gasteiger charge is 2.22. The Morgan fingerprint density at radius 2 is 1.87 bits per heavy atom. The lowest BCUT2D eigenvalue weighted by atomic mass is 10.1. The Labute approximate surface area is 137 Å². The van der Waals surface area contributed by atoms with Crippen LogP contribution < -0.4 is 5.32 Å². The molecule has 1 saturated carbocycles. The zero-order chi connectivity index (χ0) is 16.5. The minimum absolute atomic E-state index is 0.0414. The molecular weight excluding hydrogens is 294 g/mol. The predicted octanol–water partition coefficient (Wildman–Crippen LogP) is 3.15. The van der Waals surface area contributed by atoms with E-state index in [1.165, 1.54) is 12.8 Å². The summed E-state index contributed by atoms with van der Waals surface area (Å²) in [6.45, 7) is 0.660. The van der Waals surface area contributed by atoms with Crippen LogP contribution in [0.2, 0.25) is 0 Å². The van der Waals surface area contributed by atoms with Crippen LogP contribution in [0.5, 0.6) is 0 Å². The average Bonchev–Trinajstić information content (AvgIpc) is 3.19. The molecule has 2 rings (SSSR count). The van der Waals surface area contributed by atoms with Crippen molar-refractivity contribution in [1.29, 1.82) is 0 Å². The molecule has 6 nitrogen and oxygen atoms in total. The van der Waals surface area contributed by atoms with Gasteiger partial charge in [0.1, 0.15) is 5.69 Å². The van der Waals surface area contributed by atoms with Crippen molar-refractivity contribution in [2.75, 3.05) is 6.54 Å². The summed E-state index contributed by atoms with van der Waals surface area (Å²) in [7, 11) is 0. The van der Waals surface area contributed by atoms with Gasteiger partial charge in [0.05, 0.1) is 6.04 Å². The van der Waals surface area contributed by atoms with Crippen LogP contribution in [-0.2, 0) is 4.79 Å². The molecule has 0 saturated heterocycles. The normalized spacial score (nSPS) is 15.0. The van der Waals surface area contributed by atoms with Crippen LogP contribution in [0.4, 0.5) is 0 Å². The molecule has 6 heteroatoms. The number of aromatic nitrogens is 2. The molecule has 0 atom stereocenters. The summed E-state index contributed by atoms with van der Waals surface area (Å²) in [6.07, 6.45) is 11.2. The van der Waals surface area contributed by atoms with Crippen molar-refractivity contribution < 1.29 is 14.7 Å². The van der Waals surface area contributed by atoms with Gasteiger partial charge in [-0.2, -0.15) is 5.10 Å². The van der Waals surface area contributed by atoms with E-state index in [9.17, 15) is 9.59 Å². The summed E-state index contributed by atoms with van der Waals surface area (Å²) in [5.41, 5.74) is 0.665. The predicted molar refractivity (Wildman–Crippen MR) is 87.4 cm³/mol. The molecule has 2 N–H and O–H groups in total. The molecule has 0 aromatic carbocycles. The van der Waals surface area contributed by atoms with Crippen LogP contribution in [0.3, 0.4) is 0 Å². The van der Waals surface area contributed by atoms with E-state index in [-0.39, 0.29) is 12.3 Å². The van der Waals surface area contributed by atoms with Gasteiger partial charge in [-0.05, 0) is 31.7 Å². The Morgan fingerprint density at radius 1 is 1.17 bits per heavy atom. The zero-order valence-electron chi connectivity index (χ0n) is 13.7. The molecule has 0 aliphatic heterocycles. The van der Waals surface area contributed by atoms with E-state index in [2.05, 4.69) is 10.4 Å². The van der Waals surface area contributed by atoms with Crippen molar-refractivity contribution in [2.24, 2.45) is 0 Å². The van der Waals surface area contributed by atoms with Crippen LogP contribution in [0.15, 0.2) is 12.3 Å². The fourth-order valence-electron chi connectivity index (χ4n) is 3.16. The van der Waals surface area contributed by atoms with E-state index in [1.54, 1.807) is 12.3 Å². The number of rotatable bonds is 10. The molecule has 1 amide bonds. The Morgan fingerprint density at radius 3 is 2.61 bits per heavy atom. The number of amides is 1. The average molecular weight is 321 g/mol. The maximum absolute atomic E-state index is 12.3. The van der Waals surface area contributed by atoms with E-state index < -0.39 is 5.97 Å². The molecular formula is C17H27N3O3. The Bertz CT molecular complexity index is 507. The second kappa shape index (κ2) is 9.33. The van der Waals surface area contributed by atoms with Gasteiger partial charge in [0.15, 0.2) is 0 Å². The van der Waals surface area contributed by atoms with Gasteiger partial charge in [-0.15, -0.1) is 0 Å². The highest BCUT2D eigenvalue weighted by atomic mass is 16.4. The van der Waals surface area contributed by atoms with E-state index in [0.29, 0.717) is 18.3 Å². The molecule has 1 heterocycles. The summed E-state index contributed by atoms with van der Waals surface area (Å²) in [4.78, 5) is 22.6. The molecule has 1 fully saturated rings. The minimum atomic E-state index is -0.726. The molecule has 0 spiro atoms. The van der Waals surface area contributed by atoms with Crippen molar-refractivity contribution in [3.63, 3.8) is 0 Å². The second-order valence-corrected chi connectivity index (χ2v) is 6.27. The largest absolute Gasteiger partial charge is 0.481 e. The minimum Gasteiger partial charge on any atom is -0.481 e. The second-order valence-electron chi connectivity index (χ2n) is 6.27. The number of carbonyl (C=O) groups is 2. The Balaban J connectivity index is 1.62. The molecule has 128 valence electrons. The summed E-state index contributed by atoms with van der Waals surface area (Å²) < 4.78 is 1.88. The summed E-state index contributed by atoms with van der Waals surface area (Å²) >= 11 is 0. The van der Waals surface area contributed by atoms with E-state index in [1.807, 2.05) is 4.68 Å². The third-order valence-corrected chi connectivity index (χ3v) is 4.43. The summed E-state index contributed by atoms with van der Waals surface area (Å²) in [5, 5.41) is 15.8. The number of aliphatic carboxylic acids is 1. The first-order valence-electron chi connectivity index (χ1n) is 8.72. The lowest BCUT2D eigenvalue weighted by Gasteiger charge is -2.14. The third-order valence-electron chi connectivity index (χ3n) is 4.43. The quantitative estimate of drug-likeness (QED) is 0.648. The maximum Gasteiger partial charge on any atom is 0.303 e. The Hall–Kier alpha value is -1.85. The Kier molecular flexibility index (Phi) is 7.10. The van der Waals surface area contributed by atoms with Gasteiger partial charge in [0.2, 0.25) is 0 Å². The lowest BCUT2D eigenvalue weighted by Crippen LogP contribution is -2.28. The number of carboxylic acids is 1. The van der Waals surface area contributed by atoms with Crippen LogP contribution in [-0.4, -0.2) is 33.3 Å². The number of hydrogen-bond donors (Lipinski definition) is 2. The topological polar surface area (TPSA) is 84.2 Å². The van der Waals surface area contributed by atoms with Crippen LogP contribution >= 0.6 is 0 Å². The van der Waals surface area contributed by atoms with Crippen LogP contribution in [0.25, 0.3) is 0 Å². The van der Waals surface area contributed by atoms with Gasteiger partial charge in [-0.3, -0.25) is 14.3 Å². The highest BCUT2D eigenvalue weighted by molar-refractivity contribution is 5.92. The lowest BCUT2D eigenvalue weighted by molar-refractivity contribution is -0.137. The van der Waals surface area contributed by atoms with Crippen LogP contribution in [0, 0.1) is 0 Å². The fourth-order valence-corrected chi connectivity index (χ4v) is 3.16. The van der Waals surface area contributed by atoms with Crippen molar-refractivity contribution in [1.82, 2.24) is 15.1 Å². The molecule has 1 aliphatic rings. The van der Waals surface area contributed by atoms with Crippen molar-refractivity contribution in [3.8, 4) is 0 Å². The van der Waals surface area contributed by atoms with Gasteiger partial charge in [0, 0.05) is 19.2 Å². The zero-order valence-corrected chi connectivity index (χ0v) is 13.7. The molecule has 0 unspecified atom stereocenters. The summed E-state index contributed by atoms with van der Waals surface area (Å²) in [5.74, 6) is -0.767. The number of carbonyl (C=O) groups excluding carboxylic acids is 1. The number of unbranched alkanes of at least 4 members (excludes halogenated alkanes) is 4. The van der Waals surface area contributed by atoms with E-state index in [4.69, 9.17) is 5.11 Å². The van der Waals surface area contributed by atoms with Crippen molar-refractivity contribution in [2.45, 2.75) is 70.3 Å². The van der Waals surface area contributed by atoms with Gasteiger partial charge in [-0.1, -0.05) is 32.1 Å². The SMILES string of the molecule is O=C(O)CCCCCCCNC(=O)c1ccnn1C1CCCC1. The van der Waals surface area contributed by atoms with Gasteiger partial charge in [0.25, 0.3) is 5.91 Å². The van der Waals surface area contributed by atoms with Gasteiger partial charge >= 0.3 is 5.97 Å². The van der Waals surface area contributed by atoms with E-state index >= 15 is 0 Å². The fraction of sp³-hybridized carbons (Fsp3) is 0.706. The highest BCUT2D eigenvalue weighted by Crippen LogP contribution is 2.29. The maximum atomic E-state index is 12.3. The first-order chi connectivity index (χ1) is 11.2. The number of nitrogens with one attached hydrogen (secondary N) is 1. The molecule has 0 bridgehead atoms. The van der Waals surface area contributed by atoms with Gasteiger partial charge in [-0.25, -0.2) is 0 Å². The van der Waals surface area contributed by atoms with E-state index in [0.717, 1.165) is 44.9 Å². The molecule has 1 aliphatic carbocycles. The number of carboxylic acid groups (broad SMARTS) is 1. The molecule has 0 radical (unpaired) electrons. The first kappa shape index (κ1) is 17.5. The van der Waals surface area contributed by atoms with Crippen LogP contribution in [0.1, 0.15) is 80.7 Å². The first-order valence-corrected chi connectivity index (χ1v) is 8.72.